The standard InChI is InChI=1S/C20H27N5O2/c1-15(16-7-10-21-11-8-16)13-19(26)22-14-20(27)24-17-3-5-18(6-4-17)25-12-2-9-23-25/h2-6,9,12,15-16,21H,7-8,10-11,13-14H2,1H3,(H,22,26)(H,24,27). The molecule has 2 heterocycles. The minimum atomic E-state index is -0.232. The summed E-state index contributed by atoms with van der Waals surface area (Å²) >= 11 is 0. The quantitative estimate of drug-likeness (QED) is 0.696. The van der Waals surface area contributed by atoms with Crippen LogP contribution in [0.1, 0.15) is 26.2 Å². The fraction of sp³-hybridized carbons (Fsp3) is 0.450. The van der Waals surface area contributed by atoms with E-state index in [1.807, 2.05) is 36.5 Å². The van der Waals surface area contributed by atoms with Crippen LogP contribution in [0, 0.1) is 11.8 Å². The summed E-state index contributed by atoms with van der Waals surface area (Å²) in [6.07, 6.45) is 6.27. The highest BCUT2D eigenvalue weighted by molar-refractivity contribution is 5.94. The van der Waals surface area contributed by atoms with Crippen molar-refractivity contribution in [3.8, 4) is 5.69 Å². The average Bonchev–Trinajstić information content (AvgIpc) is 3.22. The Hall–Kier alpha value is -2.67. The molecule has 144 valence electrons. The van der Waals surface area contributed by atoms with Gasteiger partial charge in [0.2, 0.25) is 11.8 Å². The van der Waals surface area contributed by atoms with Crippen molar-refractivity contribution in [3.63, 3.8) is 0 Å². The van der Waals surface area contributed by atoms with Crippen molar-refractivity contribution in [3.05, 3.63) is 42.7 Å². The van der Waals surface area contributed by atoms with Crippen LogP contribution in [0.4, 0.5) is 5.69 Å². The zero-order valence-electron chi connectivity index (χ0n) is 15.6. The second-order valence-electron chi connectivity index (χ2n) is 7.09. The molecule has 0 saturated carbocycles. The molecule has 7 heteroatoms. The van der Waals surface area contributed by atoms with Crippen LogP contribution >= 0.6 is 0 Å². The highest BCUT2D eigenvalue weighted by atomic mass is 16.2. The molecule has 1 unspecified atom stereocenters. The van der Waals surface area contributed by atoms with E-state index >= 15 is 0 Å². The third kappa shape index (κ3) is 5.65. The van der Waals surface area contributed by atoms with E-state index in [0.717, 1.165) is 31.6 Å². The third-order valence-corrected chi connectivity index (χ3v) is 5.06. The first kappa shape index (κ1) is 19.1. The van der Waals surface area contributed by atoms with E-state index < -0.39 is 0 Å². The molecule has 3 rings (SSSR count). The number of piperidine rings is 1. The van der Waals surface area contributed by atoms with Gasteiger partial charge in [-0.3, -0.25) is 9.59 Å². The number of benzene rings is 1. The van der Waals surface area contributed by atoms with Crippen LogP contribution in [0.15, 0.2) is 42.7 Å². The van der Waals surface area contributed by atoms with Crippen molar-refractivity contribution < 1.29 is 9.59 Å². The van der Waals surface area contributed by atoms with Gasteiger partial charge >= 0.3 is 0 Å². The summed E-state index contributed by atoms with van der Waals surface area (Å²) in [7, 11) is 0. The van der Waals surface area contributed by atoms with Crippen molar-refractivity contribution >= 4 is 17.5 Å². The van der Waals surface area contributed by atoms with Crippen LogP contribution in [0.5, 0.6) is 0 Å². The van der Waals surface area contributed by atoms with Gasteiger partial charge in [-0.25, -0.2) is 4.68 Å². The molecule has 1 atom stereocenters. The van der Waals surface area contributed by atoms with Gasteiger partial charge in [0.25, 0.3) is 0 Å². The Balaban J connectivity index is 1.40. The number of amides is 2. The zero-order chi connectivity index (χ0) is 19.1. The predicted molar refractivity (Wildman–Crippen MR) is 105 cm³/mol. The van der Waals surface area contributed by atoms with E-state index in [4.69, 9.17) is 0 Å². The molecule has 3 N–H and O–H groups in total. The molecule has 1 aromatic heterocycles. The Labute approximate surface area is 159 Å². The third-order valence-electron chi connectivity index (χ3n) is 5.06. The first-order valence-electron chi connectivity index (χ1n) is 9.49. The van der Waals surface area contributed by atoms with Crippen LogP contribution in [-0.4, -0.2) is 41.2 Å². The van der Waals surface area contributed by atoms with E-state index in [9.17, 15) is 9.59 Å². The summed E-state index contributed by atoms with van der Waals surface area (Å²) in [5.41, 5.74) is 1.60. The summed E-state index contributed by atoms with van der Waals surface area (Å²) in [6.45, 7) is 4.16. The van der Waals surface area contributed by atoms with Crippen LogP contribution in [-0.2, 0) is 9.59 Å². The Bertz CT molecular complexity index is 736. The fourth-order valence-electron chi connectivity index (χ4n) is 3.45. The number of anilines is 1. The summed E-state index contributed by atoms with van der Waals surface area (Å²) in [4.78, 5) is 24.2. The summed E-state index contributed by atoms with van der Waals surface area (Å²) < 4.78 is 1.75. The molecule has 1 fully saturated rings. The second-order valence-corrected chi connectivity index (χ2v) is 7.09. The number of hydrogen-bond donors (Lipinski definition) is 3. The van der Waals surface area contributed by atoms with Crippen LogP contribution in [0.3, 0.4) is 0 Å². The number of carbonyl (C=O) groups excluding carboxylic acids is 2. The van der Waals surface area contributed by atoms with Crippen LogP contribution in [0.2, 0.25) is 0 Å². The molecule has 1 aliphatic rings. The predicted octanol–water partition coefficient (Wildman–Crippen LogP) is 1.95. The molecular formula is C20H27N5O2. The summed E-state index contributed by atoms with van der Waals surface area (Å²) in [6, 6.07) is 9.24. The van der Waals surface area contributed by atoms with Gasteiger partial charge in [-0.2, -0.15) is 5.10 Å². The molecule has 27 heavy (non-hydrogen) atoms. The lowest BCUT2D eigenvalue weighted by Gasteiger charge is -2.27. The molecule has 7 nitrogen and oxygen atoms in total. The van der Waals surface area contributed by atoms with Gasteiger partial charge in [-0.05, 0) is 68.1 Å². The number of nitrogens with one attached hydrogen (secondary N) is 3. The lowest BCUT2D eigenvalue weighted by Crippen LogP contribution is -2.36. The summed E-state index contributed by atoms with van der Waals surface area (Å²) in [5, 5.41) is 13.0. The first-order chi connectivity index (χ1) is 13.1. The maximum Gasteiger partial charge on any atom is 0.243 e. The molecule has 1 saturated heterocycles. The molecule has 1 aliphatic heterocycles. The van der Waals surface area contributed by atoms with Gasteiger partial charge in [0, 0.05) is 24.5 Å². The van der Waals surface area contributed by atoms with E-state index in [1.165, 1.54) is 0 Å². The molecule has 0 aliphatic carbocycles. The highest BCUT2D eigenvalue weighted by Crippen LogP contribution is 2.24. The van der Waals surface area contributed by atoms with E-state index in [2.05, 4.69) is 28.0 Å². The monoisotopic (exact) mass is 369 g/mol. The molecule has 0 radical (unpaired) electrons. The van der Waals surface area contributed by atoms with Crippen molar-refractivity contribution in [1.29, 1.82) is 0 Å². The van der Waals surface area contributed by atoms with Crippen molar-refractivity contribution in [2.24, 2.45) is 11.8 Å². The SMILES string of the molecule is CC(CC(=O)NCC(=O)Nc1ccc(-n2cccn2)cc1)C1CCNCC1. The van der Waals surface area contributed by atoms with Crippen molar-refractivity contribution in [2.45, 2.75) is 26.2 Å². The minimum Gasteiger partial charge on any atom is -0.347 e. The molecule has 2 amide bonds. The second kappa shape index (κ2) is 9.32. The Morgan fingerprint density at radius 2 is 1.96 bits per heavy atom. The number of hydrogen-bond acceptors (Lipinski definition) is 4. The molecule has 2 aromatic rings. The van der Waals surface area contributed by atoms with Crippen molar-refractivity contribution in [2.75, 3.05) is 25.0 Å². The molecule has 0 bridgehead atoms. The van der Waals surface area contributed by atoms with Gasteiger partial charge < -0.3 is 16.0 Å². The normalized spacial score (nSPS) is 15.9. The fourth-order valence-corrected chi connectivity index (χ4v) is 3.45. The van der Waals surface area contributed by atoms with Gasteiger partial charge in [0.15, 0.2) is 0 Å². The van der Waals surface area contributed by atoms with Gasteiger partial charge in [0.1, 0.15) is 0 Å². The number of rotatable bonds is 7. The first-order valence-corrected chi connectivity index (χ1v) is 9.49. The highest BCUT2D eigenvalue weighted by Gasteiger charge is 2.22. The zero-order valence-corrected chi connectivity index (χ0v) is 15.6. The van der Waals surface area contributed by atoms with Crippen LogP contribution in [0.25, 0.3) is 5.69 Å². The number of carbonyl (C=O) groups is 2. The maximum absolute atomic E-state index is 12.1. The van der Waals surface area contributed by atoms with Crippen molar-refractivity contribution in [1.82, 2.24) is 20.4 Å². The van der Waals surface area contributed by atoms with Gasteiger partial charge in [-0.15, -0.1) is 0 Å². The van der Waals surface area contributed by atoms with E-state index in [0.29, 0.717) is 23.9 Å². The van der Waals surface area contributed by atoms with E-state index in [1.54, 1.807) is 10.9 Å². The average molecular weight is 369 g/mol. The van der Waals surface area contributed by atoms with Crippen LogP contribution < -0.4 is 16.0 Å². The topological polar surface area (TPSA) is 88.1 Å². The van der Waals surface area contributed by atoms with E-state index in [-0.39, 0.29) is 18.4 Å². The van der Waals surface area contributed by atoms with Gasteiger partial charge in [-0.1, -0.05) is 6.92 Å². The molecule has 0 spiro atoms. The summed E-state index contributed by atoms with van der Waals surface area (Å²) in [5.74, 6) is 0.624. The minimum absolute atomic E-state index is 0.0152. The Kier molecular flexibility index (Phi) is 6.59. The molecular weight excluding hydrogens is 342 g/mol. The Morgan fingerprint density at radius 1 is 1.22 bits per heavy atom. The lowest BCUT2D eigenvalue weighted by molar-refractivity contribution is -0.125. The Morgan fingerprint density at radius 3 is 2.63 bits per heavy atom. The number of aromatic nitrogens is 2. The molecule has 1 aromatic carbocycles. The largest absolute Gasteiger partial charge is 0.347 e. The van der Waals surface area contributed by atoms with Gasteiger partial charge in [0.05, 0.1) is 12.2 Å². The lowest BCUT2D eigenvalue weighted by atomic mass is 9.84. The smallest absolute Gasteiger partial charge is 0.243 e. The maximum atomic E-state index is 12.1. The number of nitrogens with zero attached hydrogens (tertiary/aromatic N) is 2.